The van der Waals surface area contributed by atoms with Crippen LogP contribution in [-0.4, -0.2) is 114 Å². The summed E-state index contributed by atoms with van der Waals surface area (Å²) in [5.41, 5.74) is 12.5. The third kappa shape index (κ3) is 4.78. The van der Waals surface area contributed by atoms with Crippen LogP contribution >= 0.6 is 7.82 Å². The van der Waals surface area contributed by atoms with Gasteiger partial charge in [-0.3, -0.25) is 18.2 Å². The summed E-state index contributed by atoms with van der Waals surface area (Å²) in [5.74, 6) is 0.184. The Hall–Kier alpha value is -3.43. The van der Waals surface area contributed by atoms with Gasteiger partial charge in [-0.15, -0.1) is 0 Å². The SMILES string of the molecule is Nc1ncnc2c1ncn2[C@@H]1O[C@H](COP(=O)(O)O[C@H]2[C@@H](O)[C@@H](n3cnc4c(N)ncnc43)O[C@H]2CO)[C@@H](O)[C@H]1O. The molecule has 4 aromatic rings. The van der Waals surface area contributed by atoms with E-state index in [0.717, 1.165) is 0 Å². The number of nitrogen functional groups attached to an aromatic ring is 2. The van der Waals surface area contributed by atoms with Gasteiger partial charge in [-0.25, -0.2) is 34.5 Å². The van der Waals surface area contributed by atoms with E-state index in [9.17, 15) is 29.9 Å². The zero-order valence-corrected chi connectivity index (χ0v) is 21.7. The first-order valence-electron chi connectivity index (χ1n) is 12.1. The number of nitrogens with zero attached hydrogens (tertiary/aromatic N) is 8. The maximum Gasteiger partial charge on any atom is 0.472 e. The highest BCUT2D eigenvalue weighted by Crippen LogP contribution is 2.49. The molecule has 1 unspecified atom stereocenters. The van der Waals surface area contributed by atoms with E-state index in [1.807, 2.05) is 0 Å². The van der Waals surface area contributed by atoms with Gasteiger partial charge in [0, 0.05) is 0 Å². The molecule has 2 saturated heterocycles. The lowest BCUT2D eigenvalue weighted by Gasteiger charge is -2.23. The van der Waals surface area contributed by atoms with Gasteiger partial charge in [0.15, 0.2) is 35.4 Å². The zero-order valence-electron chi connectivity index (χ0n) is 20.8. The molecule has 20 nitrogen and oxygen atoms in total. The molecule has 21 heteroatoms. The molecule has 4 aromatic heterocycles. The van der Waals surface area contributed by atoms with Crippen molar-refractivity contribution in [1.29, 1.82) is 0 Å². The Morgan fingerprint density at radius 1 is 0.829 bits per heavy atom. The quantitative estimate of drug-likeness (QED) is 0.101. The summed E-state index contributed by atoms with van der Waals surface area (Å²) < 4.78 is 37.1. The van der Waals surface area contributed by atoms with Gasteiger partial charge in [-0.2, -0.15) is 0 Å². The van der Waals surface area contributed by atoms with Crippen LogP contribution in [0.2, 0.25) is 0 Å². The van der Waals surface area contributed by atoms with Gasteiger partial charge in [0.25, 0.3) is 0 Å². The number of aliphatic hydroxyl groups is 4. The molecule has 6 rings (SSSR count). The second-order valence-corrected chi connectivity index (χ2v) is 10.7. The first kappa shape index (κ1) is 27.7. The highest BCUT2D eigenvalue weighted by Gasteiger charge is 2.50. The van der Waals surface area contributed by atoms with Crippen LogP contribution in [0.3, 0.4) is 0 Å². The number of hydrogen-bond donors (Lipinski definition) is 7. The first-order chi connectivity index (χ1) is 19.6. The number of aromatic nitrogens is 8. The fraction of sp³-hybridized carbons (Fsp3) is 0.500. The van der Waals surface area contributed by atoms with Crippen LogP contribution in [0.25, 0.3) is 22.3 Å². The van der Waals surface area contributed by atoms with Gasteiger partial charge < -0.3 is 46.3 Å². The average molecular weight is 596 g/mol. The minimum atomic E-state index is -4.96. The third-order valence-electron chi connectivity index (χ3n) is 6.81. The lowest BCUT2D eigenvalue weighted by molar-refractivity contribution is -0.0585. The summed E-state index contributed by atoms with van der Waals surface area (Å²) in [7, 11) is -4.96. The number of ether oxygens (including phenoxy) is 2. The van der Waals surface area contributed by atoms with Crippen molar-refractivity contribution in [1.82, 2.24) is 39.0 Å². The Bertz CT molecular complexity index is 1620. The molecule has 0 radical (unpaired) electrons. The molecule has 2 aliphatic rings. The number of phosphoric ester groups is 1. The molecule has 6 heterocycles. The van der Waals surface area contributed by atoms with Gasteiger partial charge in [-0.1, -0.05) is 0 Å². The molecule has 0 aromatic carbocycles. The number of imidazole rings is 2. The van der Waals surface area contributed by atoms with Crippen LogP contribution in [0.1, 0.15) is 12.5 Å². The average Bonchev–Trinajstić information content (AvgIpc) is 3.70. The molecule has 220 valence electrons. The summed E-state index contributed by atoms with van der Waals surface area (Å²) in [6.07, 6.45) is -6.18. The Kier molecular flexibility index (Phi) is 7.06. The maximum absolute atomic E-state index is 12.9. The number of fused-ring (bicyclic) bond motifs is 2. The smallest absolute Gasteiger partial charge is 0.394 e. The molecule has 0 saturated carbocycles. The van der Waals surface area contributed by atoms with Crippen molar-refractivity contribution in [2.75, 3.05) is 24.7 Å². The Labute approximate surface area is 228 Å². The molecule has 2 fully saturated rings. The van der Waals surface area contributed by atoms with E-state index < -0.39 is 70.1 Å². The number of phosphoric acid groups is 1. The van der Waals surface area contributed by atoms with E-state index in [0.29, 0.717) is 0 Å². The zero-order chi connectivity index (χ0) is 29.1. The fourth-order valence-electron chi connectivity index (χ4n) is 4.79. The highest BCUT2D eigenvalue weighted by molar-refractivity contribution is 7.47. The molecular weight excluding hydrogens is 571 g/mol. The Balaban J connectivity index is 1.14. The summed E-state index contributed by atoms with van der Waals surface area (Å²) in [5, 5.41) is 41.8. The van der Waals surface area contributed by atoms with Crippen molar-refractivity contribution < 1.29 is 48.4 Å². The minimum Gasteiger partial charge on any atom is -0.394 e. The van der Waals surface area contributed by atoms with Gasteiger partial charge >= 0.3 is 7.82 Å². The van der Waals surface area contributed by atoms with Gasteiger partial charge in [-0.05, 0) is 0 Å². The number of nitrogens with two attached hydrogens (primary N) is 2. The first-order valence-corrected chi connectivity index (χ1v) is 13.6. The molecule has 41 heavy (non-hydrogen) atoms. The van der Waals surface area contributed by atoms with Crippen molar-refractivity contribution in [3.63, 3.8) is 0 Å². The predicted octanol–water partition coefficient (Wildman–Crippen LogP) is -2.80. The summed E-state index contributed by atoms with van der Waals surface area (Å²) in [6, 6.07) is 0. The van der Waals surface area contributed by atoms with Crippen LogP contribution in [0, 0.1) is 0 Å². The lowest BCUT2D eigenvalue weighted by atomic mass is 10.1. The summed E-state index contributed by atoms with van der Waals surface area (Å²) in [4.78, 5) is 34.4. The molecular formula is C20H25N10O10P. The molecule has 2 aliphatic heterocycles. The largest absolute Gasteiger partial charge is 0.472 e. The van der Waals surface area contributed by atoms with Crippen molar-refractivity contribution in [2.24, 2.45) is 0 Å². The second-order valence-electron chi connectivity index (χ2n) is 9.28. The summed E-state index contributed by atoms with van der Waals surface area (Å²) in [6.45, 7) is -1.39. The summed E-state index contributed by atoms with van der Waals surface area (Å²) >= 11 is 0. The van der Waals surface area contributed by atoms with Crippen molar-refractivity contribution >= 4 is 41.8 Å². The van der Waals surface area contributed by atoms with E-state index in [2.05, 4.69) is 29.9 Å². The van der Waals surface area contributed by atoms with E-state index >= 15 is 0 Å². The molecule has 0 spiro atoms. The lowest BCUT2D eigenvalue weighted by Crippen LogP contribution is -2.36. The topological polar surface area (TPSA) is 294 Å². The van der Waals surface area contributed by atoms with Crippen LogP contribution in [0.5, 0.6) is 0 Å². The van der Waals surface area contributed by atoms with E-state index in [-0.39, 0.29) is 34.0 Å². The number of anilines is 2. The van der Waals surface area contributed by atoms with Crippen LogP contribution < -0.4 is 11.5 Å². The normalized spacial score (nSPS) is 31.7. The fourth-order valence-corrected chi connectivity index (χ4v) is 5.75. The number of rotatable bonds is 8. The maximum atomic E-state index is 12.9. The Morgan fingerprint density at radius 3 is 1.93 bits per heavy atom. The van der Waals surface area contributed by atoms with E-state index in [4.69, 9.17) is 30.0 Å². The molecule has 9 N–H and O–H groups in total. The molecule has 0 amide bonds. The second kappa shape index (κ2) is 10.4. The van der Waals surface area contributed by atoms with Crippen molar-refractivity contribution in [3.05, 3.63) is 25.3 Å². The van der Waals surface area contributed by atoms with Gasteiger partial charge in [0.2, 0.25) is 0 Å². The molecule has 0 bridgehead atoms. The Morgan fingerprint density at radius 2 is 1.37 bits per heavy atom. The molecule has 0 aliphatic carbocycles. The van der Waals surface area contributed by atoms with Crippen molar-refractivity contribution in [2.45, 2.75) is 49.1 Å². The predicted molar refractivity (Wildman–Crippen MR) is 133 cm³/mol. The van der Waals surface area contributed by atoms with Crippen molar-refractivity contribution in [3.8, 4) is 0 Å². The minimum absolute atomic E-state index is 0.0864. The van der Waals surface area contributed by atoms with E-state index in [1.54, 1.807) is 0 Å². The standard InChI is InChI=1S/C20H25N10O10P/c21-15-9-17(25-3-23-15)29(5-27-9)19-12(33)11(32)8(39-19)2-37-41(35,36)40-14-7(1-31)38-20(13(14)34)30-6-28-10-16(22)24-4-26-18(10)30/h3-8,11-14,19-20,31-34H,1-2H2,(H,35,36)(H2,21,23,25)(H2,22,24,26)/t7-,8+,11+,12+,13+,14+,19+,20-/m0/s1. The van der Waals surface area contributed by atoms with Gasteiger partial charge in [0.05, 0.1) is 25.9 Å². The van der Waals surface area contributed by atoms with Crippen LogP contribution in [-0.2, 0) is 23.1 Å². The van der Waals surface area contributed by atoms with Crippen LogP contribution in [0.15, 0.2) is 25.3 Å². The monoisotopic (exact) mass is 596 g/mol. The highest BCUT2D eigenvalue weighted by atomic mass is 31.2. The third-order valence-corrected chi connectivity index (χ3v) is 7.79. The number of aliphatic hydroxyl groups excluding tert-OH is 4. The number of hydrogen-bond acceptors (Lipinski definition) is 17. The molecule has 9 atom stereocenters. The van der Waals surface area contributed by atoms with Gasteiger partial charge in [0.1, 0.15) is 60.3 Å². The van der Waals surface area contributed by atoms with Crippen LogP contribution in [0.4, 0.5) is 11.6 Å². The van der Waals surface area contributed by atoms with E-state index in [1.165, 1.54) is 34.4 Å².